The lowest BCUT2D eigenvalue weighted by Gasteiger charge is -2.08. The fourth-order valence-electron chi connectivity index (χ4n) is 1.78. The number of ether oxygens (including phenoxy) is 3. The Morgan fingerprint density at radius 3 is 2.84 bits per heavy atom. The zero-order valence-electron chi connectivity index (χ0n) is 10.6. The maximum atomic E-state index is 5.70. The molecule has 3 rings (SSSR count). The molecule has 6 nitrogen and oxygen atoms in total. The van der Waals surface area contributed by atoms with Crippen molar-refractivity contribution in [3.63, 3.8) is 0 Å². The van der Waals surface area contributed by atoms with Crippen LogP contribution in [0.1, 0.15) is 5.82 Å². The molecule has 0 aliphatic carbocycles. The van der Waals surface area contributed by atoms with Gasteiger partial charge < -0.3 is 19.5 Å². The van der Waals surface area contributed by atoms with Gasteiger partial charge in [0.2, 0.25) is 12.7 Å². The predicted molar refractivity (Wildman–Crippen MR) is 69.0 cm³/mol. The van der Waals surface area contributed by atoms with Crippen molar-refractivity contribution in [1.82, 2.24) is 9.97 Å². The molecule has 0 saturated carbocycles. The summed E-state index contributed by atoms with van der Waals surface area (Å²) in [6, 6.07) is 7.13. The molecule has 19 heavy (non-hydrogen) atoms. The third-order valence-electron chi connectivity index (χ3n) is 2.64. The highest BCUT2D eigenvalue weighted by atomic mass is 16.7. The Hall–Kier alpha value is -2.50. The molecule has 98 valence electrons. The number of fused-ring (bicyclic) bond motifs is 1. The van der Waals surface area contributed by atoms with Crippen LogP contribution < -0.4 is 19.5 Å². The highest BCUT2D eigenvalue weighted by molar-refractivity contribution is 5.48. The molecule has 0 saturated heterocycles. The van der Waals surface area contributed by atoms with E-state index < -0.39 is 0 Å². The fourth-order valence-corrected chi connectivity index (χ4v) is 1.78. The highest BCUT2D eigenvalue weighted by Gasteiger charge is 2.14. The zero-order valence-corrected chi connectivity index (χ0v) is 10.6. The second kappa shape index (κ2) is 4.64. The number of aryl methyl sites for hydroxylation is 1. The topological polar surface area (TPSA) is 65.5 Å². The molecule has 1 N–H and O–H groups in total. The van der Waals surface area contributed by atoms with E-state index >= 15 is 0 Å². The second-order valence-corrected chi connectivity index (χ2v) is 4.01. The Kier molecular flexibility index (Phi) is 2.83. The van der Waals surface area contributed by atoms with Gasteiger partial charge in [-0.3, -0.25) is 0 Å². The van der Waals surface area contributed by atoms with Crippen LogP contribution in [0.2, 0.25) is 0 Å². The summed E-state index contributed by atoms with van der Waals surface area (Å²) in [5.74, 6) is 3.88. The minimum atomic E-state index is 0.245. The van der Waals surface area contributed by atoms with Gasteiger partial charge in [-0.1, -0.05) is 0 Å². The van der Waals surface area contributed by atoms with Crippen molar-refractivity contribution in [2.45, 2.75) is 6.92 Å². The van der Waals surface area contributed by atoms with Crippen LogP contribution in [0.5, 0.6) is 23.1 Å². The summed E-state index contributed by atoms with van der Waals surface area (Å²) in [6.07, 6.45) is 0. The molecule has 1 aliphatic rings. The summed E-state index contributed by atoms with van der Waals surface area (Å²) in [5, 5.41) is 2.96. The van der Waals surface area contributed by atoms with Crippen LogP contribution in [0.4, 0.5) is 5.82 Å². The SMILES string of the molecule is CNc1cc(Oc2ccc3c(c2)OCO3)nc(C)n1. The molecule has 0 fully saturated rings. The maximum Gasteiger partial charge on any atom is 0.231 e. The second-order valence-electron chi connectivity index (χ2n) is 4.01. The average molecular weight is 259 g/mol. The molecular formula is C13H13N3O3. The number of benzene rings is 1. The van der Waals surface area contributed by atoms with Gasteiger partial charge in [0.05, 0.1) is 0 Å². The third-order valence-corrected chi connectivity index (χ3v) is 2.64. The normalized spacial score (nSPS) is 12.3. The van der Waals surface area contributed by atoms with Crippen molar-refractivity contribution < 1.29 is 14.2 Å². The molecule has 0 bridgehead atoms. The molecule has 0 radical (unpaired) electrons. The molecule has 0 spiro atoms. The van der Waals surface area contributed by atoms with Gasteiger partial charge in [-0.25, -0.2) is 4.98 Å². The van der Waals surface area contributed by atoms with Gasteiger partial charge in [-0.05, 0) is 19.1 Å². The monoisotopic (exact) mass is 259 g/mol. The largest absolute Gasteiger partial charge is 0.454 e. The van der Waals surface area contributed by atoms with Gasteiger partial charge in [0.15, 0.2) is 11.5 Å². The van der Waals surface area contributed by atoms with Gasteiger partial charge in [-0.15, -0.1) is 0 Å². The van der Waals surface area contributed by atoms with Gasteiger partial charge in [-0.2, -0.15) is 4.98 Å². The quantitative estimate of drug-likeness (QED) is 0.912. The van der Waals surface area contributed by atoms with Crippen LogP contribution in [-0.4, -0.2) is 23.8 Å². The molecule has 2 heterocycles. The van der Waals surface area contributed by atoms with Crippen molar-refractivity contribution in [3.8, 4) is 23.1 Å². The fraction of sp³-hybridized carbons (Fsp3) is 0.231. The lowest BCUT2D eigenvalue weighted by atomic mass is 10.3. The first-order valence-corrected chi connectivity index (χ1v) is 5.85. The van der Waals surface area contributed by atoms with E-state index in [-0.39, 0.29) is 6.79 Å². The molecule has 0 atom stereocenters. The van der Waals surface area contributed by atoms with E-state index in [0.717, 1.165) is 5.75 Å². The van der Waals surface area contributed by atoms with Crippen LogP contribution in [0.25, 0.3) is 0 Å². The summed E-state index contributed by atoms with van der Waals surface area (Å²) in [5.41, 5.74) is 0. The first kappa shape index (κ1) is 11.6. The zero-order chi connectivity index (χ0) is 13.2. The van der Waals surface area contributed by atoms with E-state index in [9.17, 15) is 0 Å². The van der Waals surface area contributed by atoms with E-state index in [2.05, 4.69) is 15.3 Å². The number of rotatable bonds is 3. The Morgan fingerprint density at radius 2 is 2.00 bits per heavy atom. The van der Waals surface area contributed by atoms with E-state index in [0.29, 0.717) is 29.0 Å². The van der Waals surface area contributed by atoms with Crippen LogP contribution in [0.3, 0.4) is 0 Å². The minimum absolute atomic E-state index is 0.245. The predicted octanol–water partition coefficient (Wildman–Crippen LogP) is 2.35. The molecule has 0 unspecified atom stereocenters. The number of hydrogen-bond donors (Lipinski definition) is 1. The van der Waals surface area contributed by atoms with Gasteiger partial charge in [0.25, 0.3) is 0 Å². The summed E-state index contributed by atoms with van der Waals surface area (Å²) >= 11 is 0. The number of anilines is 1. The Labute approximate surface area is 110 Å². The van der Waals surface area contributed by atoms with E-state index in [1.54, 1.807) is 19.2 Å². The smallest absolute Gasteiger partial charge is 0.231 e. The molecule has 2 aromatic rings. The van der Waals surface area contributed by atoms with Crippen molar-refractivity contribution >= 4 is 5.82 Å². The molecule has 0 amide bonds. The Morgan fingerprint density at radius 1 is 1.16 bits per heavy atom. The first-order valence-electron chi connectivity index (χ1n) is 5.85. The molecule has 1 aromatic heterocycles. The first-order chi connectivity index (χ1) is 9.24. The van der Waals surface area contributed by atoms with Crippen LogP contribution in [0.15, 0.2) is 24.3 Å². The maximum absolute atomic E-state index is 5.70. The molecular weight excluding hydrogens is 246 g/mol. The van der Waals surface area contributed by atoms with E-state index in [4.69, 9.17) is 14.2 Å². The van der Waals surface area contributed by atoms with Crippen molar-refractivity contribution in [2.24, 2.45) is 0 Å². The standard InChI is InChI=1S/C13H13N3O3/c1-8-15-12(14-2)6-13(16-8)19-9-3-4-10-11(5-9)18-7-17-10/h3-6H,7H2,1-2H3,(H,14,15,16). The summed E-state index contributed by atoms with van der Waals surface area (Å²) < 4.78 is 16.2. The Bertz CT molecular complexity index is 616. The third kappa shape index (κ3) is 2.37. The number of nitrogens with one attached hydrogen (secondary N) is 1. The highest BCUT2D eigenvalue weighted by Crippen LogP contribution is 2.36. The lowest BCUT2D eigenvalue weighted by molar-refractivity contribution is 0.174. The van der Waals surface area contributed by atoms with E-state index in [1.165, 1.54) is 0 Å². The number of hydrogen-bond acceptors (Lipinski definition) is 6. The van der Waals surface area contributed by atoms with Crippen LogP contribution in [-0.2, 0) is 0 Å². The van der Waals surface area contributed by atoms with Gasteiger partial charge in [0, 0.05) is 19.2 Å². The molecule has 6 heteroatoms. The summed E-state index contributed by atoms with van der Waals surface area (Å²) in [4.78, 5) is 8.43. The number of aromatic nitrogens is 2. The van der Waals surface area contributed by atoms with Crippen LogP contribution >= 0.6 is 0 Å². The minimum Gasteiger partial charge on any atom is -0.454 e. The summed E-state index contributed by atoms with van der Waals surface area (Å²) in [7, 11) is 1.80. The van der Waals surface area contributed by atoms with Crippen molar-refractivity contribution in [3.05, 3.63) is 30.1 Å². The summed E-state index contributed by atoms with van der Waals surface area (Å²) in [6.45, 7) is 2.06. The molecule has 1 aliphatic heterocycles. The van der Waals surface area contributed by atoms with Crippen molar-refractivity contribution in [1.29, 1.82) is 0 Å². The van der Waals surface area contributed by atoms with E-state index in [1.807, 2.05) is 19.1 Å². The Balaban J connectivity index is 1.86. The van der Waals surface area contributed by atoms with Gasteiger partial charge in [0.1, 0.15) is 17.4 Å². The van der Waals surface area contributed by atoms with Crippen molar-refractivity contribution in [2.75, 3.05) is 19.2 Å². The average Bonchev–Trinajstić information content (AvgIpc) is 2.85. The van der Waals surface area contributed by atoms with Gasteiger partial charge >= 0.3 is 0 Å². The lowest BCUT2D eigenvalue weighted by Crippen LogP contribution is -1.98. The van der Waals surface area contributed by atoms with Crippen LogP contribution in [0, 0.1) is 6.92 Å². The number of nitrogens with zero attached hydrogens (tertiary/aromatic N) is 2. The molecule has 1 aromatic carbocycles.